The molecule has 1 aromatic carbocycles. The Kier molecular flexibility index (Phi) is 3.80. The van der Waals surface area contributed by atoms with Crippen molar-refractivity contribution in [3.63, 3.8) is 0 Å². The first-order valence-corrected chi connectivity index (χ1v) is 6.04. The summed E-state index contributed by atoms with van der Waals surface area (Å²) in [6.45, 7) is 3.67. The van der Waals surface area contributed by atoms with Crippen LogP contribution in [0.25, 0.3) is 11.3 Å². The number of carboxylic acids is 1. The molecule has 2 aromatic rings. The average Bonchev–Trinajstić information content (AvgIpc) is 2.38. The second-order valence-corrected chi connectivity index (χ2v) is 4.39. The summed E-state index contributed by atoms with van der Waals surface area (Å²) in [6, 6.07) is 12.8. The van der Waals surface area contributed by atoms with E-state index in [0.717, 1.165) is 5.56 Å². The number of nitrogens with zero attached hydrogens (tertiary/aromatic N) is 1. The van der Waals surface area contributed by atoms with Gasteiger partial charge in [-0.15, -0.1) is 0 Å². The normalized spacial score (nSPS) is 10.5. The lowest BCUT2D eigenvalue weighted by atomic mass is 10.1. The molecule has 2 rings (SSSR count). The molecule has 4 heteroatoms. The fraction of sp³-hybridized carbons (Fsp3) is 0.200. The van der Waals surface area contributed by atoms with E-state index >= 15 is 0 Å². The maximum atomic E-state index is 11.1. The highest BCUT2D eigenvalue weighted by molar-refractivity contribution is 5.90. The van der Waals surface area contributed by atoms with E-state index in [-0.39, 0.29) is 17.5 Å². The molecule has 0 saturated carbocycles. The van der Waals surface area contributed by atoms with Crippen LogP contribution in [0.15, 0.2) is 42.5 Å². The molecule has 98 valence electrons. The van der Waals surface area contributed by atoms with Crippen LogP contribution in [0.2, 0.25) is 0 Å². The molecule has 0 saturated heterocycles. The van der Waals surface area contributed by atoms with Gasteiger partial charge < -0.3 is 9.84 Å². The van der Waals surface area contributed by atoms with Crippen LogP contribution < -0.4 is 4.74 Å². The summed E-state index contributed by atoms with van der Waals surface area (Å²) in [5, 5.41) is 9.12. The van der Waals surface area contributed by atoms with Gasteiger partial charge in [0, 0.05) is 5.56 Å². The predicted molar refractivity (Wildman–Crippen MR) is 72.4 cm³/mol. The number of aromatic carboxylic acids is 1. The third-order valence-electron chi connectivity index (χ3n) is 2.51. The van der Waals surface area contributed by atoms with Crippen LogP contribution in [-0.2, 0) is 0 Å². The Balaban J connectivity index is 2.46. The zero-order valence-corrected chi connectivity index (χ0v) is 10.8. The van der Waals surface area contributed by atoms with E-state index in [9.17, 15) is 4.79 Å². The summed E-state index contributed by atoms with van der Waals surface area (Å²) >= 11 is 0. The topological polar surface area (TPSA) is 59.4 Å². The van der Waals surface area contributed by atoms with Crippen molar-refractivity contribution in [2.24, 2.45) is 0 Å². The summed E-state index contributed by atoms with van der Waals surface area (Å²) in [5.41, 5.74) is 1.70. The van der Waals surface area contributed by atoms with Gasteiger partial charge in [0.05, 0.1) is 11.8 Å². The molecule has 1 heterocycles. The molecular weight excluding hydrogens is 242 g/mol. The van der Waals surface area contributed by atoms with Crippen LogP contribution in [0.4, 0.5) is 0 Å². The van der Waals surface area contributed by atoms with Crippen molar-refractivity contribution in [1.82, 2.24) is 4.98 Å². The van der Waals surface area contributed by atoms with Gasteiger partial charge in [-0.25, -0.2) is 9.78 Å². The number of carbonyl (C=O) groups is 1. The molecule has 0 atom stereocenters. The second kappa shape index (κ2) is 5.52. The van der Waals surface area contributed by atoms with Gasteiger partial charge in [0.2, 0.25) is 5.88 Å². The quantitative estimate of drug-likeness (QED) is 0.913. The summed E-state index contributed by atoms with van der Waals surface area (Å²) < 4.78 is 5.48. The van der Waals surface area contributed by atoms with Crippen molar-refractivity contribution in [1.29, 1.82) is 0 Å². The average molecular weight is 257 g/mol. The van der Waals surface area contributed by atoms with Crippen LogP contribution in [0, 0.1) is 0 Å². The van der Waals surface area contributed by atoms with Crippen LogP contribution in [0.3, 0.4) is 0 Å². The van der Waals surface area contributed by atoms with Crippen molar-refractivity contribution in [3.8, 4) is 17.1 Å². The van der Waals surface area contributed by atoms with Gasteiger partial charge in [-0.3, -0.25) is 0 Å². The Hall–Kier alpha value is -2.36. The van der Waals surface area contributed by atoms with Crippen molar-refractivity contribution in [2.75, 3.05) is 0 Å². The third-order valence-corrected chi connectivity index (χ3v) is 2.51. The van der Waals surface area contributed by atoms with Crippen molar-refractivity contribution in [3.05, 3.63) is 48.0 Å². The molecule has 0 amide bonds. The number of ether oxygens (including phenoxy) is 1. The maximum absolute atomic E-state index is 11.1. The molecule has 0 fully saturated rings. The largest absolute Gasteiger partial charge is 0.477 e. The van der Waals surface area contributed by atoms with Crippen molar-refractivity contribution in [2.45, 2.75) is 20.0 Å². The fourth-order valence-corrected chi connectivity index (χ4v) is 1.69. The highest BCUT2D eigenvalue weighted by atomic mass is 16.5. The second-order valence-electron chi connectivity index (χ2n) is 4.39. The zero-order chi connectivity index (χ0) is 13.8. The SMILES string of the molecule is CC(C)Oc1nc(-c2ccccc2)ccc1C(=O)O. The van der Waals surface area contributed by atoms with Gasteiger partial charge in [0.25, 0.3) is 0 Å². The summed E-state index contributed by atoms with van der Waals surface area (Å²) in [7, 11) is 0. The van der Waals surface area contributed by atoms with Gasteiger partial charge in [0.1, 0.15) is 5.56 Å². The monoisotopic (exact) mass is 257 g/mol. The minimum atomic E-state index is -1.04. The number of pyridine rings is 1. The highest BCUT2D eigenvalue weighted by Gasteiger charge is 2.15. The molecule has 4 nitrogen and oxygen atoms in total. The Labute approximate surface area is 111 Å². The molecule has 0 aliphatic carbocycles. The van der Waals surface area contributed by atoms with Gasteiger partial charge in [0.15, 0.2) is 0 Å². The highest BCUT2D eigenvalue weighted by Crippen LogP contribution is 2.24. The van der Waals surface area contributed by atoms with Crippen LogP contribution >= 0.6 is 0 Å². The Morgan fingerprint density at radius 3 is 2.42 bits per heavy atom. The number of rotatable bonds is 4. The van der Waals surface area contributed by atoms with Crippen LogP contribution in [-0.4, -0.2) is 22.2 Å². The lowest BCUT2D eigenvalue weighted by molar-refractivity contribution is 0.0689. The first kappa shape index (κ1) is 13.1. The minimum absolute atomic E-state index is 0.0772. The maximum Gasteiger partial charge on any atom is 0.341 e. The molecule has 0 radical (unpaired) electrons. The molecule has 1 N–H and O–H groups in total. The van der Waals surface area contributed by atoms with E-state index in [4.69, 9.17) is 9.84 Å². The summed E-state index contributed by atoms with van der Waals surface area (Å²) in [4.78, 5) is 15.4. The van der Waals surface area contributed by atoms with Crippen LogP contribution in [0.1, 0.15) is 24.2 Å². The Morgan fingerprint density at radius 2 is 1.84 bits per heavy atom. The summed E-state index contributed by atoms with van der Waals surface area (Å²) in [5.74, 6) is -0.883. The third kappa shape index (κ3) is 3.10. The Morgan fingerprint density at radius 1 is 1.16 bits per heavy atom. The fourth-order valence-electron chi connectivity index (χ4n) is 1.69. The molecular formula is C15H15NO3. The number of hydrogen-bond donors (Lipinski definition) is 1. The minimum Gasteiger partial charge on any atom is -0.477 e. The van der Waals surface area contributed by atoms with Gasteiger partial charge in [-0.1, -0.05) is 30.3 Å². The van der Waals surface area contributed by atoms with E-state index < -0.39 is 5.97 Å². The van der Waals surface area contributed by atoms with E-state index in [1.165, 1.54) is 6.07 Å². The number of aromatic nitrogens is 1. The molecule has 0 spiro atoms. The lowest BCUT2D eigenvalue weighted by Gasteiger charge is -2.12. The molecule has 0 aliphatic rings. The van der Waals surface area contributed by atoms with Gasteiger partial charge >= 0.3 is 5.97 Å². The number of hydrogen-bond acceptors (Lipinski definition) is 3. The van der Waals surface area contributed by atoms with E-state index in [1.54, 1.807) is 6.07 Å². The number of carboxylic acid groups (broad SMARTS) is 1. The molecule has 0 aliphatic heterocycles. The van der Waals surface area contributed by atoms with E-state index in [2.05, 4.69) is 4.98 Å². The Bertz CT molecular complexity index is 579. The van der Waals surface area contributed by atoms with Crippen LogP contribution in [0.5, 0.6) is 5.88 Å². The molecule has 19 heavy (non-hydrogen) atoms. The molecule has 0 unspecified atom stereocenters. The lowest BCUT2D eigenvalue weighted by Crippen LogP contribution is -2.11. The van der Waals surface area contributed by atoms with Crippen molar-refractivity contribution < 1.29 is 14.6 Å². The summed E-state index contributed by atoms with van der Waals surface area (Å²) in [6.07, 6.45) is -0.128. The standard InChI is InChI=1S/C15H15NO3/c1-10(2)19-14-12(15(17)18)8-9-13(16-14)11-6-4-3-5-7-11/h3-10H,1-2H3,(H,17,18). The van der Waals surface area contributed by atoms with E-state index in [1.807, 2.05) is 44.2 Å². The zero-order valence-electron chi connectivity index (χ0n) is 10.8. The molecule has 0 bridgehead atoms. The first-order valence-electron chi connectivity index (χ1n) is 6.04. The van der Waals surface area contributed by atoms with Gasteiger partial charge in [-0.05, 0) is 26.0 Å². The molecule has 1 aromatic heterocycles. The first-order chi connectivity index (χ1) is 9.08. The van der Waals surface area contributed by atoms with Crippen molar-refractivity contribution >= 4 is 5.97 Å². The smallest absolute Gasteiger partial charge is 0.341 e. The van der Waals surface area contributed by atoms with Gasteiger partial charge in [-0.2, -0.15) is 0 Å². The predicted octanol–water partition coefficient (Wildman–Crippen LogP) is 3.23. The number of benzene rings is 1. The van der Waals surface area contributed by atoms with E-state index in [0.29, 0.717) is 5.69 Å².